The van der Waals surface area contributed by atoms with Gasteiger partial charge >= 0.3 is 0 Å². The normalized spacial score (nSPS) is 21.0. The molecule has 100 valence electrons. The molecule has 2 aromatic carbocycles. The Labute approximate surface area is 120 Å². The molecule has 0 saturated heterocycles. The Hall–Kier alpha value is -2.15. The highest BCUT2D eigenvalue weighted by molar-refractivity contribution is 5.72. The Bertz CT molecular complexity index is 627. The minimum atomic E-state index is -0.318. The summed E-state index contributed by atoms with van der Waals surface area (Å²) in [7, 11) is 0. The lowest BCUT2D eigenvalue weighted by molar-refractivity contribution is -0.112. The third-order valence-electron chi connectivity index (χ3n) is 4.21. The zero-order valence-corrected chi connectivity index (χ0v) is 11.5. The van der Waals surface area contributed by atoms with Gasteiger partial charge in [-0.2, -0.15) is 0 Å². The fourth-order valence-electron chi connectivity index (χ4n) is 3.07. The molecule has 0 N–H and O–H groups in total. The molecule has 0 heterocycles. The number of carbonyl (C=O) groups excluding carboxylic acids is 1. The molecule has 0 fully saturated rings. The molecule has 3 rings (SSSR count). The van der Waals surface area contributed by atoms with E-state index in [0.29, 0.717) is 0 Å². The molecule has 1 atom stereocenters. The first-order valence-electron chi connectivity index (χ1n) is 7.10. The van der Waals surface area contributed by atoms with E-state index in [1.807, 2.05) is 24.3 Å². The highest BCUT2D eigenvalue weighted by Gasteiger charge is 2.37. The average Bonchev–Trinajstić information content (AvgIpc) is 2.88. The molecule has 0 aliphatic heterocycles. The summed E-state index contributed by atoms with van der Waals surface area (Å²) in [5.74, 6) is 0. The molecule has 20 heavy (non-hydrogen) atoms. The fourth-order valence-corrected chi connectivity index (χ4v) is 3.07. The standard InChI is InChI=1S/C19H18O/c20-15-19(13-6-9-16-7-2-1-3-8-16)14-12-17-10-4-5-11-18(17)19/h1-11,15H,12-14H2/b9-6+/t19-/m0/s1. The van der Waals surface area contributed by atoms with Crippen molar-refractivity contribution in [3.05, 3.63) is 77.4 Å². The van der Waals surface area contributed by atoms with Crippen LogP contribution in [-0.2, 0) is 16.6 Å². The topological polar surface area (TPSA) is 17.1 Å². The first kappa shape index (κ1) is 12.9. The third kappa shape index (κ3) is 2.32. The van der Waals surface area contributed by atoms with Crippen LogP contribution in [0.2, 0.25) is 0 Å². The first-order valence-corrected chi connectivity index (χ1v) is 7.10. The SMILES string of the molecule is O=C[C@]1(C/C=C/c2ccccc2)CCc2ccccc21. The molecule has 1 aliphatic rings. The van der Waals surface area contributed by atoms with Crippen molar-refractivity contribution in [2.24, 2.45) is 0 Å². The molecule has 0 bridgehead atoms. The van der Waals surface area contributed by atoms with Crippen LogP contribution in [-0.4, -0.2) is 6.29 Å². The van der Waals surface area contributed by atoms with Crippen LogP contribution in [0.5, 0.6) is 0 Å². The van der Waals surface area contributed by atoms with E-state index in [9.17, 15) is 4.79 Å². The lowest BCUT2D eigenvalue weighted by Crippen LogP contribution is -2.23. The summed E-state index contributed by atoms with van der Waals surface area (Å²) in [4.78, 5) is 11.7. The van der Waals surface area contributed by atoms with E-state index >= 15 is 0 Å². The van der Waals surface area contributed by atoms with Gasteiger partial charge in [-0.25, -0.2) is 0 Å². The average molecular weight is 262 g/mol. The number of aldehydes is 1. The molecule has 0 amide bonds. The number of fused-ring (bicyclic) bond motifs is 1. The Morgan fingerprint density at radius 3 is 2.55 bits per heavy atom. The molecule has 1 heteroatoms. The highest BCUT2D eigenvalue weighted by atomic mass is 16.1. The summed E-state index contributed by atoms with van der Waals surface area (Å²) >= 11 is 0. The van der Waals surface area contributed by atoms with Crippen molar-refractivity contribution < 1.29 is 4.79 Å². The number of hydrogen-bond acceptors (Lipinski definition) is 1. The molecule has 1 aliphatic carbocycles. The van der Waals surface area contributed by atoms with E-state index in [1.165, 1.54) is 16.7 Å². The number of carbonyl (C=O) groups is 1. The molecule has 0 radical (unpaired) electrons. The minimum absolute atomic E-state index is 0.318. The first-order chi connectivity index (χ1) is 9.84. The lowest BCUT2D eigenvalue weighted by Gasteiger charge is -2.21. The summed E-state index contributed by atoms with van der Waals surface area (Å²) < 4.78 is 0. The van der Waals surface area contributed by atoms with Gasteiger partial charge in [0.15, 0.2) is 0 Å². The molecule has 1 nitrogen and oxygen atoms in total. The van der Waals surface area contributed by atoms with Crippen LogP contribution in [0.25, 0.3) is 6.08 Å². The second kappa shape index (κ2) is 5.46. The minimum Gasteiger partial charge on any atom is -0.302 e. The summed E-state index contributed by atoms with van der Waals surface area (Å²) in [6.07, 6.45) is 8.09. The van der Waals surface area contributed by atoms with Gasteiger partial charge in [0.25, 0.3) is 0 Å². The summed E-state index contributed by atoms with van der Waals surface area (Å²) in [6, 6.07) is 18.5. The fraction of sp³-hybridized carbons (Fsp3) is 0.211. The van der Waals surface area contributed by atoms with Crippen molar-refractivity contribution in [3.8, 4) is 0 Å². The van der Waals surface area contributed by atoms with Crippen LogP contribution >= 0.6 is 0 Å². The summed E-state index contributed by atoms with van der Waals surface area (Å²) in [5, 5.41) is 0. The van der Waals surface area contributed by atoms with Crippen molar-refractivity contribution in [1.82, 2.24) is 0 Å². The Balaban J connectivity index is 1.82. The Kier molecular flexibility index (Phi) is 3.51. The number of aryl methyl sites for hydroxylation is 1. The van der Waals surface area contributed by atoms with Crippen LogP contribution < -0.4 is 0 Å². The van der Waals surface area contributed by atoms with Gasteiger partial charge in [0.05, 0.1) is 5.41 Å². The van der Waals surface area contributed by atoms with Gasteiger partial charge < -0.3 is 4.79 Å². The quantitative estimate of drug-likeness (QED) is 0.756. The molecule has 0 aromatic heterocycles. The van der Waals surface area contributed by atoms with Gasteiger partial charge in [-0.3, -0.25) is 0 Å². The van der Waals surface area contributed by atoms with E-state index in [1.54, 1.807) is 0 Å². The lowest BCUT2D eigenvalue weighted by atomic mass is 9.80. The van der Waals surface area contributed by atoms with Crippen LogP contribution in [0.3, 0.4) is 0 Å². The van der Waals surface area contributed by atoms with Crippen molar-refractivity contribution in [1.29, 1.82) is 0 Å². The largest absolute Gasteiger partial charge is 0.302 e. The van der Waals surface area contributed by atoms with Crippen LogP contribution in [0.1, 0.15) is 29.5 Å². The van der Waals surface area contributed by atoms with Crippen molar-refractivity contribution in [3.63, 3.8) is 0 Å². The molecule has 0 spiro atoms. The van der Waals surface area contributed by atoms with Crippen molar-refractivity contribution in [2.45, 2.75) is 24.7 Å². The van der Waals surface area contributed by atoms with Crippen LogP contribution in [0.15, 0.2) is 60.7 Å². The van der Waals surface area contributed by atoms with E-state index in [4.69, 9.17) is 0 Å². The van der Waals surface area contributed by atoms with Gasteiger partial charge in [0.2, 0.25) is 0 Å². The highest BCUT2D eigenvalue weighted by Crippen LogP contribution is 2.40. The third-order valence-corrected chi connectivity index (χ3v) is 4.21. The van der Waals surface area contributed by atoms with Gasteiger partial charge in [0.1, 0.15) is 6.29 Å². The maximum Gasteiger partial charge on any atom is 0.130 e. The Morgan fingerprint density at radius 1 is 1.00 bits per heavy atom. The molecule has 0 saturated carbocycles. The number of hydrogen-bond donors (Lipinski definition) is 0. The Morgan fingerprint density at radius 2 is 1.75 bits per heavy atom. The predicted octanol–water partition coefficient (Wildman–Crippen LogP) is 4.17. The van der Waals surface area contributed by atoms with Gasteiger partial charge in [-0.15, -0.1) is 0 Å². The van der Waals surface area contributed by atoms with E-state index < -0.39 is 0 Å². The monoisotopic (exact) mass is 262 g/mol. The predicted molar refractivity (Wildman–Crippen MR) is 82.6 cm³/mol. The maximum absolute atomic E-state index is 11.7. The molecule has 0 unspecified atom stereocenters. The number of allylic oxidation sites excluding steroid dienone is 1. The van der Waals surface area contributed by atoms with Gasteiger partial charge in [-0.1, -0.05) is 66.7 Å². The molecular weight excluding hydrogens is 244 g/mol. The zero-order valence-electron chi connectivity index (χ0n) is 11.5. The zero-order chi connectivity index (χ0) is 13.8. The molecule has 2 aromatic rings. The second-order valence-corrected chi connectivity index (χ2v) is 5.45. The van der Waals surface area contributed by atoms with Crippen LogP contribution in [0.4, 0.5) is 0 Å². The number of rotatable bonds is 4. The maximum atomic E-state index is 11.7. The smallest absolute Gasteiger partial charge is 0.130 e. The second-order valence-electron chi connectivity index (χ2n) is 5.45. The molecular formula is C19H18O. The van der Waals surface area contributed by atoms with E-state index in [2.05, 4.69) is 42.5 Å². The van der Waals surface area contributed by atoms with E-state index in [0.717, 1.165) is 25.5 Å². The number of benzene rings is 2. The van der Waals surface area contributed by atoms with E-state index in [-0.39, 0.29) is 5.41 Å². The van der Waals surface area contributed by atoms with Gasteiger partial charge in [-0.05, 0) is 36.0 Å². The summed E-state index contributed by atoms with van der Waals surface area (Å²) in [6.45, 7) is 0. The van der Waals surface area contributed by atoms with Crippen molar-refractivity contribution in [2.75, 3.05) is 0 Å². The van der Waals surface area contributed by atoms with Gasteiger partial charge in [0, 0.05) is 0 Å². The summed E-state index contributed by atoms with van der Waals surface area (Å²) in [5.41, 5.74) is 3.40. The van der Waals surface area contributed by atoms with Crippen LogP contribution in [0, 0.1) is 0 Å². The van der Waals surface area contributed by atoms with Crippen molar-refractivity contribution >= 4 is 12.4 Å².